The van der Waals surface area contributed by atoms with Crippen molar-refractivity contribution in [1.82, 2.24) is 9.88 Å². The van der Waals surface area contributed by atoms with E-state index in [0.29, 0.717) is 36.0 Å². The lowest BCUT2D eigenvalue weighted by atomic mass is 10.3. The summed E-state index contributed by atoms with van der Waals surface area (Å²) in [6.45, 7) is 2.31. The Morgan fingerprint density at radius 3 is 2.65 bits per heavy atom. The Hall–Kier alpha value is -2.60. The van der Waals surface area contributed by atoms with Crippen LogP contribution in [0, 0.1) is 6.92 Å². The Morgan fingerprint density at radius 2 is 1.96 bits per heavy atom. The van der Waals surface area contributed by atoms with Gasteiger partial charge in [0, 0.05) is 24.7 Å². The molecule has 7 heteroatoms. The molecule has 2 aromatic rings. The Kier molecular flexibility index (Phi) is 7.41. The van der Waals surface area contributed by atoms with Gasteiger partial charge in [0.25, 0.3) is 0 Å². The molecule has 0 aliphatic heterocycles. The second-order valence-electron chi connectivity index (χ2n) is 5.92. The van der Waals surface area contributed by atoms with E-state index in [1.807, 2.05) is 13.0 Å². The van der Waals surface area contributed by atoms with E-state index in [4.69, 9.17) is 16.3 Å². The standard InChI is InChI=1S/C19H22ClN3O3/c1-14-9-10-21-17(12-14)22-18(24)13-23(2)19(25)4-3-11-26-16-7-5-15(20)6-8-16/h5-10,12H,3-4,11,13H2,1-2H3,(H,21,22,24). The van der Waals surface area contributed by atoms with Crippen LogP contribution in [0.5, 0.6) is 5.75 Å². The van der Waals surface area contributed by atoms with Crippen LogP contribution in [0.1, 0.15) is 18.4 Å². The maximum atomic E-state index is 12.1. The van der Waals surface area contributed by atoms with Gasteiger partial charge < -0.3 is 15.0 Å². The molecule has 2 amide bonds. The van der Waals surface area contributed by atoms with Crippen molar-refractivity contribution in [2.45, 2.75) is 19.8 Å². The van der Waals surface area contributed by atoms with Crippen molar-refractivity contribution in [1.29, 1.82) is 0 Å². The average molecular weight is 376 g/mol. The van der Waals surface area contributed by atoms with E-state index in [1.165, 1.54) is 4.90 Å². The summed E-state index contributed by atoms with van der Waals surface area (Å²) in [7, 11) is 1.60. The Balaban J connectivity index is 1.68. The van der Waals surface area contributed by atoms with Crippen molar-refractivity contribution in [3.05, 3.63) is 53.2 Å². The van der Waals surface area contributed by atoms with Crippen LogP contribution in [-0.2, 0) is 9.59 Å². The molecule has 0 saturated carbocycles. The van der Waals surface area contributed by atoms with E-state index in [1.54, 1.807) is 43.6 Å². The minimum Gasteiger partial charge on any atom is -0.494 e. The van der Waals surface area contributed by atoms with Gasteiger partial charge in [-0.15, -0.1) is 0 Å². The van der Waals surface area contributed by atoms with E-state index >= 15 is 0 Å². The summed E-state index contributed by atoms with van der Waals surface area (Å²) < 4.78 is 5.55. The van der Waals surface area contributed by atoms with Gasteiger partial charge in [0.2, 0.25) is 11.8 Å². The third-order valence-electron chi connectivity index (χ3n) is 3.61. The summed E-state index contributed by atoms with van der Waals surface area (Å²) in [5.74, 6) is 0.792. The van der Waals surface area contributed by atoms with E-state index in [9.17, 15) is 9.59 Å². The summed E-state index contributed by atoms with van der Waals surface area (Å²) in [5.41, 5.74) is 1.00. The summed E-state index contributed by atoms with van der Waals surface area (Å²) in [6.07, 6.45) is 2.49. The zero-order chi connectivity index (χ0) is 18.9. The van der Waals surface area contributed by atoms with Crippen molar-refractivity contribution < 1.29 is 14.3 Å². The van der Waals surface area contributed by atoms with E-state index in [0.717, 1.165) is 5.56 Å². The lowest BCUT2D eigenvalue weighted by Crippen LogP contribution is -2.35. The van der Waals surface area contributed by atoms with Gasteiger partial charge in [0.15, 0.2) is 0 Å². The molecule has 0 aliphatic rings. The highest BCUT2D eigenvalue weighted by Gasteiger charge is 2.13. The average Bonchev–Trinajstić information content (AvgIpc) is 2.60. The second kappa shape index (κ2) is 9.77. The van der Waals surface area contributed by atoms with Crippen LogP contribution in [-0.4, -0.2) is 41.9 Å². The zero-order valence-corrected chi connectivity index (χ0v) is 15.6. The number of aryl methyl sites for hydroxylation is 1. The number of carbonyl (C=O) groups excluding carboxylic acids is 2. The van der Waals surface area contributed by atoms with Crippen molar-refractivity contribution in [3.8, 4) is 5.75 Å². The molecule has 0 spiro atoms. The molecule has 2 rings (SSSR count). The maximum Gasteiger partial charge on any atom is 0.245 e. The molecule has 138 valence electrons. The fourth-order valence-corrected chi connectivity index (χ4v) is 2.35. The number of nitrogens with one attached hydrogen (secondary N) is 1. The predicted molar refractivity (Wildman–Crippen MR) is 101 cm³/mol. The first-order valence-corrected chi connectivity index (χ1v) is 8.66. The second-order valence-corrected chi connectivity index (χ2v) is 6.36. The van der Waals surface area contributed by atoms with E-state index in [2.05, 4.69) is 10.3 Å². The molecule has 1 aromatic carbocycles. The van der Waals surface area contributed by atoms with Crippen LogP contribution in [0.15, 0.2) is 42.6 Å². The number of rotatable bonds is 8. The largest absolute Gasteiger partial charge is 0.494 e. The lowest BCUT2D eigenvalue weighted by molar-refractivity contribution is -0.133. The molecule has 1 N–H and O–H groups in total. The highest BCUT2D eigenvalue weighted by atomic mass is 35.5. The highest BCUT2D eigenvalue weighted by molar-refractivity contribution is 6.30. The first-order valence-electron chi connectivity index (χ1n) is 8.29. The summed E-state index contributed by atoms with van der Waals surface area (Å²) >= 11 is 5.81. The smallest absolute Gasteiger partial charge is 0.245 e. The fraction of sp³-hybridized carbons (Fsp3) is 0.316. The number of benzene rings is 1. The zero-order valence-electron chi connectivity index (χ0n) is 14.9. The minimum absolute atomic E-state index is 0.0213. The third kappa shape index (κ3) is 6.72. The molecule has 6 nitrogen and oxygen atoms in total. The normalized spacial score (nSPS) is 10.3. The highest BCUT2D eigenvalue weighted by Crippen LogP contribution is 2.15. The van der Waals surface area contributed by atoms with Gasteiger partial charge in [-0.1, -0.05) is 11.6 Å². The van der Waals surface area contributed by atoms with Crippen LogP contribution in [0.3, 0.4) is 0 Å². The van der Waals surface area contributed by atoms with Crippen molar-refractivity contribution in [3.63, 3.8) is 0 Å². The number of aromatic nitrogens is 1. The number of anilines is 1. The van der Waals surface area contributed by atoms with Gasteiger partial charge in [-0.05, 0) is 55.3 Å². The fourth-order valence-electron chi connectivity index (χ4n) is 2.23. The molecular weight excluding hydrogens is 354 g/mol. The third-order valence-corrected chi connectivity index (χ3v) is 3.86. The minimum atomic E-state index is -0.281. The molecule has 0 radical (unpaired) electrons. The molecule has 0 fully saturated rings. The monoisotopic (exact) mass is 375 g/mol. The first kappa shape index (κ1) is 19.7. The Labute approximate surface area is 158 Å². The Bertz CT molecular complexity index is 750. The number of nitrogens with zero attached hydrogens (tertiary/aromatic N) is 2. The summed E-state index contributed by atoms with van der Waals surface area (Å²) in [4.78, 5) is 29.6. The van der Waals surface area contributed by atoms with Crippen molar-refractivity contribution in [2.24, 2.45) is 0 Å². The topological polar surface area (TPSA) is 71.5 Å². The molecule has 0 aliphatic carbocycles. The molecule has 0 saturated heterocycles. The van der Waals surface area contributed by atoms with Crippen LogP contribution in [0.25, 0.3) is 0 Å². The number of halogens is 1. The number of pyridine rings is 1. The number of likely N-dealkylation sites (N-methyl/N-ethyl adjacent to an activating group) is 1. The van der Waals surface area contributed by atoms with Gasteiger partial charge in [-0.3, -0.25) is 9.59 Å². The number of amides is 2. The van der Waals surface area contributed by atoms with Gasteiger partial charge in [0.1, 0.15) is 11.6 Å². The van der Waals surface area contributed by atoms with Gasteiger partial charge in [-0.2, -0.15) is 0 Å². The van der Waals surface area contributed by atoms with Gasteiger partial charge >= 0.3 is 0 Å². The maximum absolute atomic E-state index is 12.1. The molecule has 0 unspecified atom stereocenters. The number of ether oxygens (including phenoxy) is 1. The molecule has 0 bridgehead atoms. The van der Waals surface area contributed by atoms with Crippen LogP contribution < -0.4 is 10.1 Å². The van der Waals surface area contributed by atoms with E-state index in [-0.39, 0.29) is 18.4 Å². The molecular formula is C19H22ClN3O3. The van der Waals surface area contributed by atoms with Crippen LogP contribution >= 0.6 is 11.6 Å². The first-order chi connectivity index (χ1) is 12.4. The van der Waals surface area contributed by atoms with Crippen molar-refractivity contribution in [2.75, 3.05) is 25.5 Å². The molecule has 1 aromatic heterocycles. The number of hydrogen-bond acceptors (Lipinski definition) is 4. The summed E-state index contributed by atoms with van der Waals surface area (Å²) in [6, 6.07) is 10.7. The summed E-state index contributed by atoms with van der Waals surface area (Å²) in [5, 5.41) is 3.33. The number of hydrogen-bond donors (Lipinski definition) is 1. The van der Waals surface area contributed by atoms with Crippen molar-refractivity contribution >= 4 is 29.2 Å². The van der Waals surface area contributed by atoms with E-state index < -0.39 is 0 Å². The van der Waals surface area contributed by atoms with Crippen LogP contribution in [0.2, 0.25) is 5.02 Å². The quantitative estimate of drug-likeness (QED) is 0.718. The molecule has 0 atom stereocenters. The molecule has 26 heavy (non-hydrogen) atoms. The molecule has 1 heterocycles. The van der Waals surface area contributed by atoms with Gasteiger partial charge in [0.05, 0.1) is 13.2 Å². The van der Waals surface area contributed by atoms with Gasteiger partial charge in [-0.25, -0.2) is 4.98 Å². The SMILES string of the molecule is Cc1ccnc(NC(=O)CN(C)C(=O)CCCOc2ccc(Cl)cc2)c1. The number of carbonyl (C=O) groups is 2. The lowest BCUT2D eigenvalue weighted by Gasteiger charge is -2.16. The van der Waals surface area contributed by atoms with Crippen LogP contribution in [0.4, 0.5) is 5.82 Å². The predicted octanol–water partition coefficient (Wildman–Crippen LogP) is 3.30. The Morgan fingerprint density at radius 1 is 1.23 bits per heavy atom.